The van der Waals surface area contributed by atoms with E-state index < -0.39 is 11.7 Å². The van der Waals surface area contributed by atoms with E-state index >= 15 is 0 Å². The van der Waals surface area contributed by atoms with Crippen LogP contribution >= 0.6 is 11.6 Å². The number of rotatable bonds is 1. The van der Waals surface area contributed by atoms with Gasteiger partial charge in [0.05, 0.1) is 11.1 Å². The van der Waals surface area contributed by atoms with Crippen LogP contribution < -0.4 is 10.1 Å². The fourth-order valence-electron chi connectivity index (χ4n) is 4.21. The highest BCUT2D eigenvalue weighted by molar-refractivity contribution is 6.30. The summed E-state index contributed by atoms with van der Waals surface area (Å²) < 4.78 is 45.7. The number of anilines is 1. The molecule has 2 amide bonds. The standard InChI is InChI=1S/C26H22ClF3N4O2/c27-18-7-9-19(10-8-18)31-25(35)34-13-3-12-33(14-15-34)24-20-4-1-2-5-22(20)36-23-16-17(26(28,29)30)6-11-21(23)32-24/h1-2,4-11,16H,3,12-15H2,(H,31,35). The molecule has 2 heterocycles. The molecular formula is C26H22ClF3N4O2. The monoisotopic (exact) mass is 514 g/mol. The van der Waals surface area contributed by atoms with Crippen LogP contribution in [0.4, 0.5) is 29.3 Å². The first-order valence-electron chi connectivity index (χ1n) is 11.4. The van der Waals surface area contributed by atoms with Gasteiger partial charge in [-0.3, -0.25) is 0 Å². The van der Waals surface area contributed by atoms with Gasteiger partial charge in [-0.2, -0.15) is 13.2 Å². The topological polar surface area (TPSA) is 57.2 Å². The predicted molar refractivity (Wildman–Crippen MR) is 132 cm³/mol. The van der Waals surface area contributed by atoms with Gasteiger partial charge < -0.3 is 19.9 Å². The maximum Gasteiger partial charge on any atom is 0.416 e. The largest absolute Gasteiger partial charge is 0.454 e. The molecule has 0 spiro atoms. The van der Waals surface area contributed by atoms with Crippen LogP contribution in [0.5, 0.6) is 11.5 Å². The minimum atomic E-state index is -4.49. The molecule has 3 aromatic carbocycles. The van der Waals surface area contributed by atoms with Gasteiger partial charge in [0.1, 0.15) is 17.3 Å². The van der Waals surface area contributed by atoms with Crippen molar-refractivity contribution in [3.8, 4) is 11.5 Å². The van der Waals surface area contributed by atoms with Crippen molar-refractivity contribution in [2.45, 2.75) is 12.6 Å². The van der Waals surface area contributed by atoms with Crippen molar-refractivity contribution < 1.29 is 22.7 Å². The van der Waals surface area contributed by atoms with Crippen LogP contribution in [0.25, 0.3) is 0 Å². The van der Waals surface area contributed by atoms with Crippen LogP contribution in [0, 0.1) is 0 Å². The molecule has 36 heavy (non-hydrogen) atoms. The summed E-state index contributed by atoms with van der Waals surface area (Å²) in [6, 6.07) is 17.1. The third kappa shape index (κ3) is 5.11. The van der Waals surface area contributed by atoms with E-state index in [1.807, 2.05) is 17.0 Å². The maximum absolute atomic E-state index is 13.3. The van der Waals surface area contributed by atoms with Gasteiger partial charge in [-0.1, -0.05) is 23.7 Å². The lowest BCUT2D eigenvalue weighted by atomic mass is 10.1. The lowest BCUT2D eigenvalue weighted by Gasteiger charge is -2.25. The molecule has 1 saturated heterocycles. The van der Waals surface area contributed by atoms with Crippen molar-refractivity contribution in [2.75, 3.05) is 31.5 Å². The molecule has 6 nitrogen and oxygen atoms in total. The van der Waals surface area contributed by atoms with E-state index in [9.17, 15) is 18.0 Å². The zero-order valence-electron chi connectivity index (χ0n) is 19.1. The molecule has 0 aliphatic carbocycles. The molecule has 10 heteroatoms. The van der Waals surface area contributed by atoms with Gasteiger partial charge in [0.2, 0.25) is 0 Å². The number of halogens is 4. The number of nitrogens with one attached hydrogen (secondary N) is 1. The average molecular weight is 515 g/mol. The van der Waals surface area contributed by atoms with Crippen molar-refractivity contribution in [1.82, 2.24) is 9.80 Å². The molecule has 0 saturated carbocycles. The Morgan fingerprint density at radius 2 is 1.72 bits per heavy atom. The molecule has 1 fully saturated rings. The van der Waals surface area contributed by atoms with Crippen molar-refractivity contribution in [2.24, 2.45) is 4.99 Å². The second-order valence-corrected chi connectivity index (χ2v) is 8.92. The number of amidine groups is 1. The van der Waals surface area contributed by atoms with Crippen molar-refractivity contribution in [3.05, 3.63) is 82.9 Å². The number of nitrogens with zero attached hydrogens (tertiary/aromatic N) is 3. The van der Waals surface area contributed by atoms with E-state index in [1.54, 1.807) is 41.3 Å². The summed E-state index contributed by atoms with van der Waals surface area (Å²) in [6.45, 7) is 2.11. The Kier molecular flexibility index (Phi) is 6.49. The fourth-order valence-corrected chi connectivity index (χ4v) is 4.33. The molecule has 2 aliphatic rings. The van der Waals surface area contributed by atoms with Gasteiger partial charge in [-0.05, 0) is 61.0 Å². The number of hydrogen-bond donors (Lipinski definition) is 1. The first-order valence-corrected chi connectivity index (χ1v) is 11.8. The number of fused-ring (bicyclic) bond motifs is 2. The number of amides is 2. The number of benzene rings is 3. The summed E-state index contributed by atoms with van der Waals surface area (Å²) in [4.78, 5) is 21.4. The Hall–Kier alpha value is -3.72. The number of hydrogen-bond acceptors (Lipinski definition) is 4. The minimum Gasteiger partial charge on any atom is -0.454 e. The van der Waals surface area contributed by atoms with E-state index in [0.29, 0.717) is 66.1 Å². The Morgan fingerprint density at radius 3 is 2.50 bits per heavy atom. The first-order chi connectivity index (χ1) is 17.3. The molecule has 0 unspecified atom stereocenters. The normalized spacial score (nSPS) is 15.6. The smallest absolute Gasteiger partial charge is 0.416 e. The summed E-state index contributed by atoms with van der Waals surface area (Å²) in [5.41, 5.74) is 0.853. The Balaban J connectivity index is 1.39. The second-order valence-electron chi connectivity index (χ2n) is 8.48. The highest BCUT2D eigenvalue weighted by Gasteiger charge is 2.32. The number of aliphatic imine (C=N–C) groups is 1. The van der Waals surface area contributed by atoms with E-state index in [1.165, 1.54) is 6.07 Å². The molecule has 0 bridgehead atoms. The number of carbonyl (C=O) groups excluding carboxylic acids is 1. The Bertz CT molecular complexity index is 1310. The van der Waals surface area contributed by atoms with E-state index in [2.05, 4.69) is 5.32 Å². The van der Waals surface area contributed by atoms with Gasteiger partial charge in [-0.25, -0.2) is 9.79 Å². The second kappa shape index (κ2) is 9.73. The SMILES string of the molecule is O=C(Nc1ccc(Cl)cc1)N1CCCN(C2=Nc3ccc(C(F)(F)F)cc3Oc3ccccc32)CC1. The number of alkyl halides is 3. The molecule has 186 valence electrons. The lowest BCUT2D eigenvalue weighted by molar-refractivity contribution is -0.137. The van der Waals surface area contributed by atoms with E-state index in [-0.39, 0.29) is 11.8 Å². The number of carbonyl (C=O) groups is 1. The fraction of sp³-hybridized carbons (Fsp3) is 0.231. The van der Waals surface area contributed by atoms with Crippen LogP contribution in [0.3, 0.4) is 0 Å². The summed E-state index contributed by atoms with van der Waals surface area (Å²) in [6.07, 6.45) is -3.80. The van der Waals surface area contributed by atoms with Gasteiger partial charge >= 0.3 is 12.2 Å². The van der Waals surface area contributed by atoms with Gasteiger partial charge in [0, 0.05) is 36.9 Å². The van der Waals surface area contributed by atoms with Gasteiger partial charge in [-0.15, -0.1) is 0 Å². The third-order valence-electron chi connectivity index (χ3n) is 6.04. The van der Waals surface area contributed by atoms with Gasteiger partial charge in [0.25, 0.3) is 0 Å². The number of ether oxygens (including phenoxy) is 1. The highest BCUT2D eigenvalue weighted by Crippen LogP contribution is 2.41. The van der Waals surface area contributed by atoms with Crippen molar-refractivity contribution >= 4 is 34.8 Å². The first kappa shape index (κ1) is 24.0. The third-order valence-corrected chi connectivity index (χ3v) is 6.29. The predicted octanol–water partition coefficient (Wildman–Crippen LogP) is 6.78. The molecule has 1 N–H and O–H groups in total. The minimum absolute atomic E-state index is 0.0473. The van der Waals surface area contributed by atoms with Crippen LogP contribution in [-0.2, 0) is 6.18 Å². The number of urea groups is 1. The molecular weight excluding hydrogens is 493 g/mol. The highest BCUT2D eigenvalue weighted by atomic mass is 35.5. The zero-order valence-corrected chi connectivity index (χ0v) is 19.8. The lowest BCUT2D eigenvalue weighted by Crippen LogP contribution is -2.39. The van der Waals surface area contributed by atoms with E-state index in [4.69, 9.17) is 21.3 Å². The molecule has 3 aromatic rings. The molecule has 2 aliphatic heterocycles. The van der Waals surface area contributed by atoms with Crippen LogP contribution in [0.2, 0.25) is 5.02 Å². The maximum atomic E-state index is 13.3. The zero-order chi connectivity index (χ0) is 25.3. The summed E-state index contributed by atoms with van der Waals surface area (Å²) >= 11 is 5.92. The van der Waals surface area contributed by atoms with Crippen LogP contribution in [0.1, 0.15) is 17.5 Å². The van der Waals surface area contributed by atoms with Crippen LogP contribution in [-0.4, -0.2) is 47.8 Å². The number of para-hydroxylation sites is 1. The van der Waals surface area contributed by atoms with Gasteiger partial charge in [0.15, 0.2) is 5.75 Å². The Morgan fingerprint density at radius 1 is 0.944 bits per heavy atom. The van der Waals surface area contributed by atoms with Crippen LogP contribution in [0.15, 0.2) is 71.7 Å². The average Bonchev–Trinajstić information content (AvgIpc) is 3.19. The molecule has 0 aromatic heterocycles. The molecule has 0 radical (unpaired) electrons. The van der Waals surface area contributed by atoms with E-state index in [0.717, 1.165) is 12.1 Å². The van der Waals surface area contributed by atoms with Crippen molar-refractivity contribution in [3.63, 3.8) is 0 Å². The molecule has 5 rings (SSSR count). The Labute approximate surface area is 210 Å². The quantitative estimate of drug-likeness (QED) is 0.389. The summed E-state index contributed by atoms with van der Waals surface area (Å²) in [5.74, 6) is 1.08. The van der Waals surface area contributed by atoms with Crippen molar-refractivity contribution in [1.29, 1.82) is 0 Å². The molecule has 0 atom stereocenters. The summed E-state index contributed by atoms with van der Waals surface area (Å²) in [5, 5.41) is 3.47. The summed E-state index contributed by atoms with van der Waals surface area (Å²) in [7, 11) is 0.